The van der Waals surface area contributed by atoms with Crippen molar-refractivity contribution in [2.75, 3.05) is 13.2 Å². The normalized spacial score (nSPS) is 18.5. The molecule has 1 saturated heterocycles. The molecule has 1 atom stereocenters. The van der Waals surface area contributed by atoms with E-state index in [1.165, 1.54) is 0 Å². The van der Waals surface area contributed by atoms with Crippen molar-refractivity contribution in [2.45, 2.75) is 45.3 Å². The number of rotatable bonds is 5. The standard InChI is InChI=1S/C20H26N4O2/c1-20(2,25)13-24-18(10-14-6-5-9-26-12-14)22-19(23-24)16-11-21-17-8-4-3-7-15(16)17/h3-4,7-8,11,14,21,25H,5-6,9-10,12-13H2,1-2H3. The monoisotopic (exact) mass is 354 g/mol. The van der Waals surface area contributed by atoms with Crippen molar-refractivity contribution in [3.63, 3.8) is 0 Å². The highest BCUT2D eigenvalue weighted by Gasteiger charge is 2.23. The zero-order valence-corrected chi connectivity index (χ0v) is 15.4. The van der Waals surface area contributed by atoms with Gasteiger partial charge in [0.1, 0.15) is 5.82 Å². The molecular formula is C20H26N4O2. The van der Waals surface area contributed by atoms with Crippen LogP contribution >= 0.6 is 0 Å². The Kier molecular flexibility index (Phi) is 4.54. The third-order valence-electron chi connectivity index (χ3n) is 4.84. The van der Waals surface area contributed by atoms with Crippen LogP contribution in [0.2, 0.25) is 0 Å². The van der Waals surface area contributed by atoms with Crippen LogP contribution in [0.15, 0.2) is 30.5 Å². The minimum absolute atomic E-state index is 0.422. The summed E-state index contributed by atoms with van der Waals surface area (Å²) in [6.45, 7) is 5.65. The van der Waals surface area contributed by atoms with Crippen molar-refractivity contribution in [3.05, 3.63) is 36.3 Å². The van der Waals surface area contributed by atoms with E-state index in [0.717, 1.165) is 54.8 Å². The van der Waals surface area contributed by atoms with Crippen LogP contribution in [0.3, 0.4) is 0 Å². The van der Waals surface area contributed by atoms with Gasteiger partial charge in [-0.1, -0.05) is 18.2 Å². The quantitative estimate of drug-likeness (QED) is 0.738. The van der Waals surface area contributed by atoms with Crippen LogP contribution in [0.1, 0.15) is 32.5 Å². The van der Waals surface area contributed by atoms with Crippen molar-refractivity contribution in [1.82, 2.24) is 19.7 Å². The highest BCUT2D eigenvalue weighted by Crippen LogP contribution is 2.27. The van der Waals surface area contributed by atoms with E-state index in [1.807, 2.05) is 29.1 Å². The van der Waals surface area contributed by atoms with E-state index < -0.39 is 5.60 Å². The predicted molar refractivity (Wildman–Crippen MR) is 101 cm³/mol. The third-order valence-corrected chi connectivity index (χ3v) is 4.84. The highest BCUT2D eigenvalue weighted by molar-refractivity contribution is 5.93. The van der Waals surface area contributed by atoms with Gasteiger partial charge < -0.3 is 14.8 Å². The first kappa shape index (κ1) is 17.2. The summed E-state index contributed by atoms with van der Waals surface area (Å²) in [4.78, 5) is 8.13. The Balaban J connectivity index is 1.70. The highest BCUT2D eigenvalue weighted by atomic mass is 16.5. The van der Waals surface area contributed by atoms with Gasteiger partial charge in [-0.05, 0) is 38.7 Å². The van der Waals surface area contributed by atoms with Crippen molar-refractivity contribution in [3.8, 4) is 11.4 Å². The van der Waals surface area contributed by atoms with Gasteiger partial charge in [0.15, 0.2) is 5.82 Å². The Labute approximate surface area is 153 Å². The lowest BCUT2D eigenvalue weighted by Crippen LogP contribution is -2.29. The van der Waals surface area contributed by atoms with Crippen LogP contribution < -0.4 is 0 Å². The number of nitrogens with one attached hydrogen (secondary N) is 1. The number of benzene rings is 1. The molecule has 0 saturated carbocycles. The molecule has 0 bridgehead atoms. The summed E-state index contributed by atoms with van der Waals surface area (Å²) in [5.41, 5.74) is 1.23. The number of nitrogens with zero attached hydrogens (tertiary/aromatic N) is 3. The van der Waals surface area contributed by atoms with Crippen molar-refractivity contribution in [1.29, 1.82) is 0 Å². The zero-order chi connectivity index (χ0) is 18.1. The minimum atomic E-state index is -0.844. The Bertz CT molecular complexity index is 885. The van der Waals surface area contributed by atoms with Gasteiger partial charge in [-0.15, -0.1) is 0 Å². The first-order valence-electron chi connectivity index (χ1n) is 9.30. The van der Waals surface area contributed by atoms with Gasteiger partial charge in [-0.3, -0.25) is 0 Å². The summed E-state index contributed by atoms with van der Waals surface area (Å²) in [6, 6.07) is 8.16. The zero-order valence-electron chi connectivity index (χ0n) is 15.4. The van der Waals surface area contributed by atoms with Crippen molar-refractivity contribution >= 4 is 10.9 Å². The van der Waals surface area contributed by atoms with Crippen LogP contribution in [-0.4, -0.2) is 43.7 Å². The molecule has 0 spiro atoms. The summed E-state index contributed by atoms with van der Waals surface area (Å²) >= 11 is 0. The molecule has 1 aliphatic rings. The molecule has 26 heavy (non-hydrogen) atoms. The lowest BCUT2D eigenvalue weighted by molar-refractivity contribution is 0.0483. The number of fused-ring (bicyclic) bond motifs is 1. The fourth-order valence-corrected chi connectivity index (χ4v) is 3.62. The van der Waals surface area contributed by atoms with Crippen molar-refractivity contribution in [2.24, 2.45) is 5.92 Å². The second-order valence-corrected chi connectivity index (χ2v) is 7.86. The smallest absolute Gasteiger partial charge is 0.183 e. The lowest BCUT2D eigenvalue weighted by atomic mass is 9.98. The van der Waals surface area contributed by atoms with E-state index in [9.17, 15) is 5.11 Å². The number of hydrogen-bond donors (Lipinski definition) is 2. The second-order valence-electron chi connectivity index (χ2n) is 7.86. The molecule has 0 radical (unpaired) electrons. The van der Waals surface area contributed by atoms with E-state index in [0.29, 0.717) is 18.3 Å². The molecule has 0 aliphatic carbocycles. The number of H-pyrrole nitrogens is 1. The minimum Gasteiger partial charge on any atom is -0.389 e. The van der Waals surface area contributed by atoms with Crippen LogP contribution in [0.25, 0.3) is 22.3 Å². The fourth-order valence-electron chi connectivity index (χ4n) is 3.62. The Morgan fingerprint density at radius 1 is 1.35 bits per heavy atom. The molecular weight excluding hydrogens is 328 g/mol. The third kappa shape index (κ3) is 3.66. The summed E-state index contributed by atoms with van der Waals surface area (Å²) < 4.78 is 7.49. The molecule has 1 aromatic carbocycles. The Morgan fingerprint density at radius 3 is 2.96 bits per heavy atom. The van der Waals surface area contributed by atoms with Crippen LogP contribution in [0.5, 0.6) is 0 Å². The summed E-state index contributed by atoms with van der Waals surface area (Å²) in [7, 11) is 0. The van der Waals surface area contributed by atoms with Gasteiger partial charge in [0, 0.05) is 42.3 Å². The number of ether oxygens (including phenoxy) is 1. The van der Waals surface area contributed by atoms with Crippen LogP contribution in [0.4, 0.5) is 0 Å². The topological polar surface area (TPSA) is 76.0 Å². The fraction of sp³-hybridized carbons (Fsp3) is 0.500. The van der Waals surface area contributed by atoms with E-state index in [2.05, 4.69) is 11.1 Å². The van der Waals surface area contributed by atoms with Gasteiger partial charge >= 0.3 is 0 Å². The number of hydrogen-bond acceptors (Lipinski definition) is 4. The first-order valence-corrected chi connectivity index (χ1v) is 9.30. The van der Waals surface area contributed by atoms with E-state index in [1.54, 1.807) is 13.8 Å². The molecule has 4 rings (SSSR count). The SMILES string of the molecule is CC(C)(O)Cn1nc(-c2c[nH]c3ccccc23)nc1CC1CCCOC1. The molecule has 1 aliphatic heterocycles. The molecule has 0 amide bonds. The summed E-state index contributed by atoms with van der Waals surface area (Å²) in [5.74, 6) is 2.09. The summed E-state index contributed by atoms with van der Waals surface area (Å²) in [5, 5.41) is 16.1. The average Bonchev–Trinajstić information content (AvgIpc) is 3.19. The van der Waals surface area contributed by atoms with Crippen LogP contribution in [0, 0.1) is 5.92 Å². The predicted octanol–water partition coefficient (Wildman–Crippen LogP) is 3.17. The Hall–Kier alpha value is -2.18. The largest absolute Gasteiger partial charge is 0.389 e. The Morgan fingerprint density at radius 2 is 2.19 bits per heavy atom. The van der Waals surface area contributed by atoms with E-state index in [-0.39, 0.29) is 0 Å². The molecule has 2 N–H and O–H groups in total. The number of aliphatic hydroxyl groups is 1. The van der Waals surface area contributed by atoms with Gasteiger partial charge in [0.05, 0.1) is 12.1 Å². The van der Waals surface area contributed by atoms with Gasteiger partial charge in [-0.2, -0.15) is 5.10 Å². The van der Waals surface area contributed by atoms with E-state index in [4.69, 9.17) is 14.8 Å². The van der Waals surface area contributed by atoms with Crippen molar-refractivity contribution < 1.29 is 9.84 Å². The van der Waals surface area contributed by atoms with E-state index >= 15 is 0 Å². The molecule has 3 aromatic rings. The number of para-hydroxylation sites is 1. The maximum Gasteiger partial charge on any atom is 0.183 e. The number of aromatic amines is 1. The summed E-state index contributed by atoms with van der Waals surface area (Å²) in [6.07, 6.45) is 5.03. The van der Waals surface area contributed by atoms with Gasteiger partial charge in [0.2, 0.25) is 0 Å². The molecule has 138 valence electrons. The molecule has 2 aromatic heterocycles. The van der Waals surface area contributed by atoms with Gasteiger partial charge in [0.25, 0.3) is 0 Å². The lowest BCUT2D eigenvalue weighted by Gasteiger charge is -2.23. The molecule has 3 heterocycles. The molecule has 1 fully saturated rings. The average molecular weight is 354 g/mol. The molecule has 6 heteroatoms. The van der Waals surface area contributed by atoms with Crippen LogP contribution in [-0.2, 0) is 17.7 Å². The molecule has 6 nitrogen and oxygen atoms in total. The molecule has 1 unspecified atom stereocenters. The second kappa shape index (κ2) is 6.85. The maximum atomic E-state index is 10.3. The number of aromatic nitrogens is 4. The first-order chi connectivity index (χ1) is 12.5. The van der Waals surface area contributed by atoms with Gasteiger partial charge in [-0.25, -0.2) is 9.67 Å². The maximum absolute atomic E-state index is 10.3.